The number of ether oxygens (including phenoxy) is 1. The lowest BCUT2D eigenvalue weighted by Crippen LogP contribution is -2.53. The van der Waals surface area contributed by atoms with Crippen LogP contribution in [0, 0.1) is 5.92 Å². The van der Waals surface area contributed by atoms with Crippen molar-refractivity contribution < 1.29 is 14.3 Å². The van der Waals surface area contributed by atoms with Gasteiger partial charge in [0, 0.05) is 5.92 Å². The monoisotopic (exact) mass is 242 g/mol. The van der Waals surface area contributed by atoms with Crippen LogP contribution >= 0.6 is 0 Å². The van der Waals surface area contributed by atoms with E-state index in [9.17, 15) is 9.59 Å². The molecular formula is C12H22N2O3. The molecule has 0 spiro atoms. The second-order valence-corrected chi connectivity index (χ2v) is 4.86. The molecule has 0 aromatic rings. The SMILES string of the molecule is CCOC(=O)C(C)(C)NC(=O)C1CCNCC1. The van der Waals surface area contributed by atoms with E-state index in [1.54, 1.807) is 20.8 Å². The fraction of sp³-hybridized carbons (Fsp3) is 0.833. The molecule has 0 saturated carbocycles. The molecule has 1 amide bonds. The van der Waals surface area contributed by atoms with Crippen molar-refractivity contribution in [3.05, 3.63) is 0 Å². The third-order valence-electron chi connectivity index (χ3n) is 2.93. The summed E-state index contributed by atoms with van der Waals surface area (Å²) in [4.78, 5) is 23.6. The van der Waals surface area contributed by atoms with Crippen LogP contribution in [0.5, 0.6) is 0 Å². The first-order chi connectivity index (χ1) is 7.97. The molecular weight excluding hydrogens is 220 g/mol. The van der Waals surface area contributed by atoms with Crippen LogP contribution in [0.3, 0.4) is 0 Å². The average molecular weight is 242 g/mol. The molecule has 0 atom stereocenters. The quantitative estimate of drug-likeness (QED) is 0.702. The number of hydrogen-bond acceptors (Lipinski definition) is 4. The van der Waals surface area contributed by atoms with E-state index < -0.39 is 5.54 Å². The Morgan fingerprint density at radius 1 is 1.35 bits per heavy atom. The van der Waals surface area contributed by atoms with Crippen molar-refractivity contribution in [2.24, 2.45) is 5.92 Å². The molecule has 98 valence electrons. The summed E-state index contributed by atoms with van der Waals surface area (Å²) >= 11 is 0. The summed E-state index contributed by atoms with van der Waals surface area (Å²) in [6, 6.07) is 0. The van der Waals surface area contributed by atoms with Gasteiger partial charge in [-0.1, -0.05) is 0 Å². The molecule has 2 N–H and O–H groups in total. The van der Waals surface area contributed by atoms with Crippen LogP contribution in [0.25, 0.3) is 0 Å². The largest absolute Gasteiger partial charge is 0.464 e. The molecule has 0 aromatic heterocycles. The molecule has 5 nitrogen and oxygen atoms in total. The van der Waals surface area contributed by atoms with E-state index in [1.165, 1.54) is 0 Å². The Balaban J connectivity index is 2.50. The van der Waals surface area contributed by atoms with Crippen molar-refractivity contribution in [1.82, 2.24) is 10.6 Å². The van der Waals surface area contributed by atoms with Crippen LogP contribution in [-0.4, -0.2) is 37.1 Å². The zero-order chi connectivity index (χ0) is 12.9. The van der Waals surface area contributed by atoms with Crippen molar-refractivity contribution in [1.29, 1.82) is 0 Å². The van der Waals surface area contributed by atoms with Gasteiger partial charge in [0.15, 0.2) is 0 Å². The van der Waals surface area contributed by atoms with Gasteiger partial charge in [0.2, 0.25) is 5.91 Å². The number of rotatable bonds is 4. The van der Waals surface area contributed by atoms with E-state index in [-0.39, 0.29) is 17.8 Å². The van der Waals surface area contributed by atoms with Gasteiger partial charge in [-0.15, -0.1) is 0 Å². The van der Waals surface area contributed by atoms with Crippen molar-refractivity contribution in [2.45, 2.75) is 39.2 Å². The third kappa shape index (κ3) is 4.00. The highest BCUT2D eigenvalue weighted by Gasteiger charge is 2.33. The molecule has 0 radical (unpaired) electrons. The van der Waals surface area contributed by atoms with Crippen LogP contribution in [-0.2, 0) is 14.3 Å². The van der Waals surface area contributed by atoms with E-state index in [2.05, 4.69) is 10.6 Å². The lowest BCUT2D eigenvalue weighted by atomic mass is 9.95. The summed E-state index contributed by atoms with van der Waals surface area (Å²) < 4.78 is 4.93. The maximum atomic E-state index is 12.0. The summed E-state index contributed by atoms with van der Waals surface area (Å²) in [5.74, 6) is -0.434. The van der Waals surface area contributed by atoms with Gasteiger partial charge < -0.3 is 15.4 Å². The molecule has 1 fully saturated rings. The number of carbonyl (C=O) groups is 2. The Labute approximate surface area is 102 Å². The molecule has 1 aliphatic rings. The molecule has 5 heteroatoms. The minimum Gasteiger partial charge on any atom is -0.464 e. The number of nitrogens with one attached hydrogen (secondary N) is 2. The second-order valence-electron chi connectivity index (χ2n) is 4.86. The molecule has 1 heterocycles. The first-order valence-electron chi connectivity index (χ1n) is 6.17. The summed E-state index contributed by atoms with van der Waals surface area (Å²) in [6.45, 7) is 7.14. The summed E-state index contributed by atoms with van der Waals surface area (Å²) in [5.41, 5.74) is -0.946. The molecule has 0 aliphatic carbocycles. The van der Waals surface area contributed by atoms with Crippen LogP contribution in [0.4, 0.5) is 0 Å². The lowest BCUT2D eigenvalue weighted by Gasteiger charge is -2.28. The topological polar surface area (TPSA) is 67.4 Å². The Hall–Kier alpha value is -1.10. The predicted molar refractivity (Wildman–Crippen MR) is 64.4 cm³/mol. The Bertz CT molecular complexity index is 283. The highest BCUT2D eigenvalue weighted by molar-refractivity contribution is 5.88. The molecule has 0 bridgehead atoms. The fourth-order valence-corrected chi connectivity index (χ4v) is 1.86. The normalized spacial score (nSPS) is 17.6. The Morgan fingerprint density at radius 2 is 1.94 bits per heavy atom. The Morgan fingerprint density at radius 3 is 2.47 bits per heavy atom. The minimum atomic E-state index is -0.946. The average Bonchev–Trinajstić information content (AvgIpc) is 2.30. The maximum Gasteiger partial charge on any atom is 0.331 e. The van der Waals surface area contributed by atoms with Gasteiger partial charge in [-0.05, 0) is 46.7 Å². The molecule has 1 aliphatic heterocycles. The standard InChI is InChI=1S/C12H22N2O3/c1-4-17-11(16)12(2,3)14-10(15)9-5-7-13-8-6-9/h9,13H,4-8H2,1-3H3,(H,14,15). The molecule has 0 unspecified atom stereocenters. The molecule has 0 aromatic carbocycles. The first kappa shape index (κ1) is 14.0. The van der Waals surface area contributed by atoms with Gasteiger partial charge in [-0.25, -0.2) is 4.79 Å². The van der Waals surface area contributed by atoms with Crippen molar-refractivity contribution in [3.8, 4) is 0 Å². The van der Waals surface area contributed by atoms with Crippen molar-refractivity contribution in [2.75, 3.05) is 19.7 Å². The van der Waals surface area contributed by atoms with Gasteiger partial charge in [-0.2, -0.15) is 0 Å². The summed E-state index contributed by atoms with van der Waals surface area (Å²) in [5, 5.41) is 5.97. The van der Waals surface area contributed by atoms with Crippen LogP contribution in [0.15, 0.2) is 0 Å². The van der Waals surface area contributed by atoms with Gasteiger partial charge in [0.1, 0.15) is 5.54 Å². The highest BCUT2D eigenvalue weighted by Crippen LogP contribution is 2.14. The zero-order valence-electron chi connectivity index (χ0n) is 10.8. The third-order valence-corrected chi connectivity index (χ3v) is 2.93. The number of hydrogen-bond donors (Lipinski definition) is 2. The number of esters is 1. The predicted octanol–water partition coefficient (Wildman–Crippen LogP) is 0.444. The number of piperidine rings is 1. The fourth-order valence-electron chi connectivity index (χ4n) is 1.86. The minimum absolute atomic E-state index is 0.00458. The summed E-state index contributed by atoms with van der Waals surface area (Å²) in [7, 11) is 0. The number of amides is 1. The molecule has 17 heavy (non-hydrogen) atoms. The van der Waals surface area contributed by atoms with Gasteiger partial charge in [0.25, 0.3) is 0 Å². The zero-order valence-corrected chi connectivity index (χ0v) is 10.8. The van der Waals surface area contributed by atoms with Crippen LogP contribution in [0.2, 0.25) is 0 Å². The van der Waals surface area contributed by atoms with E-state index >= 15 is 0 Å². The van der Waals surface area contributed by atoms with E-state index in [4.69, 9.17) is 4.74 Å². The highest BCUT2D eigenvalue weighted by atomic mass is 16.5. The van der Waals surface area contributed by atoms with Gasteiger partial charge in [-0.3, -0.25) is 4.79 Å². The smallest absolute Gasteiger partial charge is 0.331 e. The van der Waals surface area contributed by atoms with E-state index in [0.29, 0.717) is 6.61 Å². The van der Waals surface area contributed by atoms with E-state index in [0.717, 1.165) is 25.9 Å². The molecule has 1 saturated heterocycles. The van der Waals surface area contributed by atoms with Crippen LogP contribution in [0.1, 0.15) is 33.6 Å². The number of carbonyl (C=O) groups excluding carboxylic acids is 2. The second kappa shape index (κ2) is 6.00. The first-order valence-corrected chi connectivity index (χ1v) is 6.17. The summed E-state index contributed by atoms with van der Waals surface area (Å²) in [6.07, 6.45) is 1.65. The molecule has 1 rings (SSSR count). The van der Waals surface area contributed by atoms with Crippen molar-refractivity contribution >= 4 is 11.9 Å². The van der Waals surface area contributed by atoms with Gasteiger partial charge >= 0.3 is 5.97 Å². The van der Waals surface area contributed by atoms with Crippen molar-refractivity contribution in [3.63, 3.8) is 0 Å². The Kier molecular flexibility index (Phi) is 4.93. The van der Waals surface area contributed by atoms with Gasteiger partial charge in [0.05, 0.1) is 6.61 Å². The maximum absolute atomic E-state index is 12.0. The lowest BCUT2D eigenvalue weighted by molar-refractivity contribution is -0.152. The van der Waals surface area contributed by atoms with E-state index in [1.807, 2.05) is 0 Å². The van der Waals surface area contributed by atoms with Crippen LogP contribution < -0.4 is 10.6 Å².